The minimum absolute atomic E-state index is 0.137. The summed E-state index contributed by atoms with van der Waals surface area (Å²) in [5.74, 6) is -0.162. The van der Waals surface area contributed by atoms with E-state index in [1.165, 1.54) is 12.5 Å². The van der Waals surface area contributed by atoms with Gasteiger partial charge in [0.1, 0.15) is 6.10 Å². The molecule has 1 unspecified atom stereocenters. The van der Waals surface area contributed by atoms with Crippen molar-refractivity contribution in [2.24, 2.45) is 0 Å². The van der Waals surface area contributed by atoms with Crippen LogP contribution in [0.25, 0.3) is 0 Å². The SMILES string of the molecule is CC(=O)OC1CCC=C(C)C1. The van der Waals surface area contributed by atoms with E-state index in [0.717, 1.165) is 19.3 Å². The molecule has 0 saturated carbocycles. The standard InChI is InChI=1S/C9H14O2/c1-7-4-3-5-9(6-7)11-8(2)10/h4,9H,3,5-6H2,1-2H3. The third-order valence-electron chi connectivity index (χ3n) is 1.86. The van der Waals surface area contributed by atoms with E-state index in [0.29, 0.717) is 0 Å². The van der Waals surface area contributed by atoms with Gasteiger partial charge in [0, 0.05) is 13.3 Å². The van der Waals surface area contributed by atoms with Gasteiger partial charge in [-0.25, -0.2) is 0 Å². The molecular formula is C9H14O2. The molecule has 1 aliphatic rings. The molecule has 0 saturated heterocycles. The zero-order valence-electron chi connectivity index (χ0n) is 7.09. The van der Waals surface area contributed by atoms with Crippen molar-refractivity contribution in [3.05, 3.63) is 11.6 Å². The molecule has 0 aliphatic heterocycles. The summed E-state index contributed by atoms with van der Waals surface area (Å²) in [6, 6.07) is 0. The quantitative estimate of drug-likeness (QED) is 0.427. The average Bonchev–Trinajstić information content (AvgIpc) is 1.85. The number of allylic oxidation sites excluding steroid dienone is 1. The predicted molar refractivity (Wildman–Crippen MR) is 43.2 cm³/mol. The van der Waals surface area contributed by atoms with Crippen molar-refractivity contribution < 1.29 is 9.53 Å². The van der Waals surface area contributed by atoms with E-state index < -0.39 is 0 Å². The van der Waals surface area contributed by atoms with Crippen molar-refractivity contribution in [2.45, 2.75) is 39.2 Å². The summed E-state index contributed by atoms with van der Waals surface area (Å²) >= 11 is 0. The lowest BCUT2D eigenvalue weighted by Crippen LogP contribution is -2.18. The Morgan fingerprint density at radius 2 is 2.45 bits per heavy atom. The first kappa shape index (κ1) is 8.31. The first-order chi connectivity index (χ1) is 5.18. The van der Waals surface area contributed by atoms with E-state index >= 15 is 0 Å². The van der Waals surface area contributed by atoms with Crippen LogP contribution in [0.2, 0.25) is 0 Å². The molecule has 0 fully saturated rings. The molecule has 0 aromatic rings. The molecule has 0 spiro atoms. The molecule has 0 N–H and O–H groups in total. The molecule has 2 nitrogen and oxygen atoms in total. The lowest BCUT2D eigenvalue weighted by Gasteiger charge is -2.20. The Bertz CT molecular complexity index is 182. The second kappa shape index (κ2) is 3.56. The van der Waals surface area contributed by atoms with Crippen LogP contribution in [-0.2, 0) is 9.53 Å². The Kier molecular flexibility index (Phi) is 2.69. The zero-order chi connectivity index (χ0) is 8.27. The minimum atomic E-state index is -0.162. The highest BCUT2D eigenvalue weighted by Gasteiger charge is 2.14. The van der Waals surface area contributed by atoms with Crippen LogP contribution in [0.1, 0.15) is 33.1 Å². The van der Waals surface area contributed by atoms with Gasteiger partial charge in [-0.3, -0.25) is 4.79 Å². The van der Waals surface area contributed by atoms with E-state index in [4.69, 9.17) is 4.74 Å². The fourth-order valence-electron chi connectivity index (χ4n) is 1.40. The van der Waals surface area contributed by atoms with Crippen LogP contribution in [0.4, 0.5) is 0 Å². The second-order valence-corrected chi connectivity index (χ2v) is 3.06. The molecular weight excluding hydrogens is 140 g/mol. The monoisotopic (exact) mass is 154 g/mol. The van der Waals surface area contributed by atoms with Gasteiger partial charge >= 0.3 is 5.97 Å². The molecule has 0 bridgehead atoms. The van der Waals surface area contributed by atoms with Gasteiger partial charge in [-0.05, 0) is 19.8 Å². The van der Waals surface area contributed by atoms with E-state index in [9.17, 15) is 4.79 Å². The summed E-state index contributed by atoms with van der Waals surface area (Å²) in [5.41, 5.74) is 1.34. The van der Waals surface area contributed by atoms with Crippen LogP contribution < -0.4 is 0 Å². The van der Waals surface area contributed by atoms with Gasteiger partial charge < -0.3 is 4.74 Å². The number of carbonyl (C=O) groups excluding carboxylic acids is 1. The Balaban J connectivity index is 2.38. The zero-order valence-corrected chi connectivity index (χ0v) is 7.09. The Morgan fingerprint density at radius 1 is 1.73 bits per heavy atom. The Labute approximate surface area is 67.2 Å². The Morgan fingerprint density at radius 3 is 3.00 bits per heavy atom. The third kappa shape index (κ3) is 2.74. The topological polar surface area (TPSA) is 26.3 Å². The van der Waals surface area contributed by atoms with Crippen LogP contribution >= 0.6 is 0 Å². The van der Waals surface area contributed by atoms with Gasteiger partial charge in [-0.2, -0.15) is 0 Å². The molecule has 62 valence electrons. The van der Waals surface area contributed by atoms with Gasteiger partial charge in [0.2, 0.25) is 0 Å². The summed E-state index contributed by atoms with van der Waals surface area (Å²) < 4.78 is 5.08. The van der Waals surface area contributed by atoms with Gasteiger partial charge in [-0.15, -0.1) is 0 Å². The lowest BCUT2D eigenvalue weighted by atomic mass is 9.98. The van der Waals surface area contributed by atoms with E-state index in [1.54, 1.807) is 0 Å². The van der Waals surface area contributed by atoms with Crippen molar-refractivity contribution in [2.75, 3.05) is 0 Å². The fourth-order valence-corrected chi connectivity index (χ4v) is 1.40. The molecule has 11 heavy (non-hydrogen) atoms. The maximum atomic E-state index is 10.6. The summed E-state index contributed by atoms with van der Waals surface area (Å²) in [4.78, 5) is 10.6. The normalized spacial score (nSPS) is 24.2. The summed E-state index contributed by atoms with van der Waals surface area (Å²) in [6.45, 7) is 3.54. The molecule has 2 heteroatoms. The molecule has 1 rings (SSSR count). The van der Waals surface area contributed by atoms with Crippen molar-refractivity contribution in [3.63, 3.8) is 0 Å². The highest BCUT2D eigenvalue weighted by molar-refractivity contribution is 5.66. The van der Waals surface area contributed by atoms with Gasteiger partial charge in [-0.1, -0.05) is 11.6 Å². The van der Waals surface area contributed by atoms with E-state index in [1.807, 2.05) is 0 Å². The van der Waals surface area contributed by atoms with Gasteiger partial charge in [0.15, 0.2) is 0 Å². The molecule has 0 radical (unpaired) electrons. The molecule has 0 amide bonds. The molecule has 0 aromatic heterocycles. The van der Waals surface area contributed by atoms with E-state index in [-0.39, 0.29) is 12.1 Å². The van der Waals surface area contributed by atoms with Crippen LogP contribution in [0.15, 0.2) is 11.6 Å². The first-order valence-corrected chi connectivity index (χ1v) is 4.01. The maximum absolute atomic E-state index is 10.6. The number of hydrogen-bond acceptors (Lipinski definition) is 2. The van der Waals surface area contributed by atoms with Crippen molar-refractivity contribution >= 4 is 5.97 Å². The maximum Gasteiger partial charge on any atom is 0.302 e. The van der Waals surface area contributed by atoms with Crippen molar-refractivity contribution in [1.29, 1.82) is 0 Å². The summed E-state index contributed by atoms with van der Waals surface area (Å²) in [5, 5.41) is 0. The second-order valence-electron chi connectivity index (χ2n) is 3.06. The number of rotatable bonds is 1. The molecule has 1 aliphatic carbocycles. The number of hydrogen-bond donors (Lipinski definition) is 0. The fraction of sp³-hybridized carbons (Fsp3) is 0.667. The molecule has 0 aromatic carbocycles. The smallest absolute Gasteiger partial charge is 0.302 e. The Hall–Kier alpha value is -0.790. The highest BCUT2D eigenvalue weighted by Crippen LogP contribution is 2.20. The number of esters is 1. The largest absolute Gasteiger partial charge is 0.462 e. The average molecular weight is 154 g/mol. The van der Waals surface area contributed by atoms with Crippen LogP contribution in [-0.4, -0.2) is 12.1 Å². The van der Waals surface area contributed by atoms with Crippen molar-refractivity contribution in [1.82, 2.24) is 0 Å². The lowest BCUT2D eigenvalue weighted by molar-refractivity contribution is -0.146. The third-order valence-corrected chi connectivity index (χ3v) is 1.86. The number of carbonyl (C=O) groups is 1. The van der Waals surface area contributed by atoms with Gasteiger partial charge in [0.05, 0.1) is 0 Å². The minimum Gasteiger partial charge on any atom is -0.462 e. The first-order valence-electron chi connectivity index (χ1n) is 4.01. The van der Waals surface area contributed by atoms with Crippen LogP contribution in [0, 0.1) is 0 Å². The van der Waals surface area contributed by atoms with Crippen molar-refractivity contribution in [3.8, 4) is 0 Å². The number of ether oxygens (including phenoxy) is 1. The van der Waals surface area contributed by atoms with Gasteiger partial charge in [0.25, 0.3) is 0 Å². The van der Waals surface area contributed by atoms with Crippen LogP contribution in [0.3, 0.4) is 0 Å². The predicted octanol–water partition coefficient (Wildman–Crippen LogP) is 2.05. The molecule has 1 atom stereocenters. The van der Waals surface area contributed by atoms with E-state index in [2.05, 4.69) is 13.0 Å². The molecule has 0 heterocycles. The summed E-state index contributed by atoms with van der Waals surface area (Å²) in [6.07, 6.45) is 5.29. The van der Waals surface area contributed by atoms with Crippen LogP contribution in [0.5, 0.6) is 0 Å². The highest BCUT2D eigenvalue weighted by atomic mass is 16.5. The summed E-state index contributed by atoms with van der Waals surface area (Å²) in [7, 11) is 0.